The summed E-state index contributed by atoms with van der Waals surface area (Å²) in [5.41, 5.74) is 3.20. The first-order chi connectivity index (χ1) is 11.1. The Bertz CT molecular complexity index is 881. The normalized spacial score (nSPS) is 14.5. The number of hydrogen-bond donors (Lipinski definition) is 0. The van der Waals surface area contributed by atoms with E-state index in [-0.39, 0.29) is 11.8 Å². The van der Waals surface area contributed by atoms with Crippen LogP contribution >= 0.6 is 0 Å². The Labute approximate surface area is 132 Å². The van der Waals surface area contributed by atoms with E-state index in [0.29, 0.717) is 31.0 Å². The quantitative estimate of drug-likeness (QED) is 0.711. The molecule has 1 amide bonds. The molecule has 1 aliphatic heterocycles. The summed E-state index contributed by atoms with van der Waals surface area (Å²) >= 11 is 0. The van der Waals surface area contributed by atoms with Crippen molar-refractivity contribution < 1.29 is 9.32 Å². The lowest BCUT2D eigenvalue weighted by Gasteiger charge is -2.25. The number of aromatic nitrogens is 5. The number of amides is 1. The van der Waals surface area contributed by atoms with E-state index in [2.05, 4.69) is 34.1 Å². The minimum Gasteiger partial charge on any atom is -0.364 e. The summed E-state index contributed by atoms with van der Waals surface area (Å²) in [7, 11) is 0. The molecule has 0 saturated heterocycles. The first-order valence-electron chi connectivity index (χ1n) is 7.55. The molecule has 4 heterocycles. The molecule has 0 atom stereocenters. The van der Waals surface area contributed by atoms with Crippen molar-refractivity contribution in [3.8, 4) is 0 Å². The Morgan fingerprint density at radius 1 is 1.39 bits per heavy atom. The average Bonchev–Trinajstić information content (AvgIpc) is 3.20. The molecule has 8 nitrogen and oxygen atoms in total. The molecule has 0 bridgehead atoms. The maximum Gasteiger partial charge on any atom is 0.272 e. The third-order valence-electron chi connectivity index (χ3n) is 4.09. The van der Waals surface area contributed by atoms with E-state index in [9.17, 15) is 4.79 Å². The van der Waals surface area contributed by atoms with Crippen LogP contribution in [-0.2, 0) is 13.0 Å². The van der Waals surface area contributed by atoms with Gasteiger partial charge in [0.05, 0.1) is 17.9 Å². The Balaban J connectivity index is 1.70. The number of carbonyl (C=O) groups is 1. The topological polar surface area (TPSA) is 89.4 Å². The van der Waals surface area contributed by atoms with Gasteiger partial charge in [0.2, 0.25) is 0 Å². The number of hydrogen-bond acceptors (Lipinski definition) is 6. The first-order valence-corrected chi connectivity index (χ1v) is 7.55. The molecule has 118 valence electrons. The van der Waals surface area contributed by atoms with Gasteiger partial charge in [-0.05, 0) is 12.0 Å². The van der Waals surface area contributed by atoms with Gasteiger partial charge in [0, 0.05) is 18.5 Å². The smallest absolute Gasteiger partial charge is 0.272 e. The van der Waals surface area contributed by atoms with Crippen molar-refractivity contribution in [2.75, 3.05) is 6.54 Å². The van der Waals surface area contributed by atoms with Gasteiger partial charge < -0.3 is 9.42 Å². The number of rotatable bonds is 2. The van der Waals surface area contributed by atoms with Crippen molar-refractivity contribution >= 4 is 11.7 Å². The van der Waals surface area contributed by atoms with Gasteiger partial charge in [-0.1, -0.05) is 19.0 Å². The fourth-order valence-electron chi connectivity index (χ4n) is 2.83. The van der Waals surface area contributed by atoms with E-state index in [1.807, 2.05) is 0 Å². The van der Waals surface area contributed by atoms with Gasteiger partial charge in [0.1, 0.15) is 18.3 Å². The second kappa shape index (κ2) is 5.15. The van der Waals surface area contributed by atoms with Gasteiger partial charge in [-0.2, -0.15) is 10.1 Å². The fourth-order valence-corrected chi connectivity index (χ4v) is 2.83. The molecule has 23 heavy (non-hydrogen) atoms. The van der Waals surface area contributed by atoms with Gasteiger partial charge in [-0.15, -0.1) is 0 Å². The summed E-state index contributed by atoms with van der Waals surface area (Å²) in [6.45, 7) is 5.20. The first kappa shape index (κ1) is 13.9. The van der Waals surface area contributed by atoms with E-state index >= 15 is 0 Å². The molecule has 3 aromatic heterocycles. The van der Waals surface area contributed by atoms with E-state index in [4.69, 9.17) is 4.52 Å². The number of fused-ring (bicyclic) bond motifs is 2. The van der Waals surface area contributed by atoms with E-state index in [0.717, 1.165) is 17.0 Å². The van der Waals surface area contributed by atoms with Crippen LogP contribution in [0.5, 0.6) is 0 Å². The molecule has 0 fully saturated rings. The van der Waals surface area contributed by atoms with Crippen LogP contribution in [0.2, 0.25) is 0 Å². The summed E-state index contributed by atoms with van der Waals surface area (Å²) in [5.74, 6) is 0.547. The lowest BCUT2D eigenvalue weighted by atomic mass is 10.1. The average molecular weight is 312 g/mol. The predicted molar refractivity (Wildman–Crippen MR) is 79.8 cm³/mol. The maximum absolute atomic E-state index is 12.8. The minimum atomic E-state index is -0.107. The highest BCUT2D eigenvalue weighted by Gasteiger charge is 2.26. The van der Waals surface area contributed by atoms with Crippen LogP contribution in [0.25, 0.3) is 5.78 Å². The van der Waals surface area contributed by atoms with Crippen molar-refractivity contribution in [2.24, 2.45) is 0 Å². The molecular weight excluding hydrogens is 296 g/mol. The zero-order valence-corrected chi connectivity index (χ0v) is 12.9. The number of carbonyl (C=O) groups excluding carboxylic acids is 1. The Kier molecular flexibility index (Phi) is 3.10. The van der Waals surface area contributed by atoms with Gasteiger partial charge in [-0.3, -0.25) is 4.79 Å². The van der Waals surface area contributed by atoms with E-state index in [1.54, 1.807) is 21.7 Å². The Morgan fingerprint density at radius 2 is 2.26 bits per heavy atom. The molecule has 0 radical (unpaired) electrons. The Hall–Kier alpha value is -2.77. The number of nitrogens with zero attached hydrogens (tertiary/aromatic N) is 6. The summed E-state index contributed by atoms with van der Waals surface area (Å²) in [4.78, 5) is 23.1. The van der Waals surface area contributed by atoms with Crippen molar-refractivity contribution in [1.29, 1.82) is 0 Å². The van der Waals surface area contributed by atoms with Crippen molar-refractivity contribution in [3.63, 3.8) is 0 Å². The molecular formula is C15H16N6O2. The lowest BCUT2D eigenvalue weighted by molar-refractivity contribution is 0.0728. The summed E-state index contributed by atoms with van der Waals surface area (Å²) in [5, 5.41) is 8.12. The molecule has 1 aliphatic rings. The highest BCUT2D eigenvalue weighted by molar-refractivity contribution is 5.93. The second-order valence-electron chi connectivity index (χ2n) is 5.96. The zero-order valence-electron chi connectivity index (χ0n) is 12.9. The van der Waals surface area contributed by atoms with E-state index < -0.39 is 0 Å². The van der Waals surface area contributed by atoms with Crippen LogP contribution in [0.1, 0.15) is 47.2 Å². The van der Waals surface area contributed by atoms with Crippen LogP contribution in [0.3, 0.4) is 0 Å². The van der Waals surface area contributed by atoms with Crippen LogP contribution in [-0.4, -0.2) is 42.1 Å². The third kappa shape index (κ3) is 2.26. The van der Waals surface area contributed by atoms with Crippen LogP contribution in [0, 0.1) is 0 Å². The van der Waals surface area contributed by atoms with Crippen LogP contribution in [0.4, 0.5) is 0 Å². The largest absolute Gasteiger partial charge is 0.364 e. The molecule has 0 spiro atoms. The fraction of sp³-hybridized carbons (Fsp3) is 0.400. The SMILES string of the molecule is CC(C)c1cc(C(=O)N2CCc3nocc3C2)nc2ncnn12. The monoisotopic (exact) mass is 312 g/mol. The van der Waals surface area contributed by atoms with Crippen LogP contribution < -0.4 is 0 Å². The van der Waals surface area contributed by atoms with Crippen LogP contribution in [0.15, 0.2) is 23.2 Å². The summed E-state index contributed by atoms with van der Waals surface area (Å²) < 4.78 is 6.65. The standard InChI is InChI=1S/C15H16N6O2/c1-9(2)13-5-12(18-15-16-8-17-21(13)15)14(22)20-4-3-11-10(6-20)7-23-19-11/h5,7-9H,3-4,6H2,1-2H3. The van der Waals surface area contributed by atoms with Gasteiger partial charge in [0.25, 0.3) is 11.7 Å². The van der Waals surface area contributed by atoms with Crippen molar-refractivity contribution in [2.45, 2.75) is 32.7 Å². The minimum absolute atomic E-state index is 0.107. The maximum atomic E-state index is 12.8. The summed E-state index contributed by atoms with van der Waals surface area (Å²) in [6.07, 6.45) is 3.75. The van der Waals surface area contributed by atoms with Gasteiger partial charge in [-0.25, -0.2) is 9.50 Å². The molecule has 0 aliphatic carbocycles. The second-order valence-corrected chi connectivity index (χ2v) is 5.96. The zero-order chi connectivity index (χ0) is 16.0. The molecule has 0 aromatic carbocycles. The van der Waals surface area contributed by atoms with Crippen molar-refractivity contribution in [3.05, 3.63) is 41.3 Å². The third-order valence-corrected chi connectivity index (χ3v) is 4.09. The lowest BCUT2D eigenvalue weighted by Crippen LogP contribution is -2.36. The van der Waals surface area contributed by atoms with Gasteiger partial charge >= 0.3 is 0 Å². The van der Waals surface area contributed by atoms with E-state index in [1.165, 1.54) is 6.33 Å². The molecule has 8 heteroatoms. The molecule has 0 N–H and O–H groups in total. The summed E-state index contributed by atoms with van der Waals surface area (Å²) in [6, 6.07) is 1.80. The predicted octanol–water partition coefficient (Wildman–Crippen LogP) is 1.43. The van der Waals surface area contributed by atoms with Gasteiger partial charge in [0.15, 0.2) is 0 Å². The Morgan fingerprint density at radius 3 is 3.09 bits per heavy atom. The molecule has 4 rings (SSSR count). The van der Waals surface area contributed by atoms with Crippen molar-refractivity contribution in [1.82, 2.24) is 29.6 Å². The molecule has 0 saturated carbocycles. The molecule has 3 aromatic rings. The highest BCUT2D eigenvalue weighted by atomic mass is 16.5. The highest BCUT2D eigenvalue weighted by Crippen LogP contribution is 2.21. The molecule has 0 unspecified atom stereocenters.